The maximum Gasteiger partial charge on any atom is 0.0179 e. The van der Waals surface area contributed by atoms with E-state index >= 15 is 0 Å². The van der Waals surface area contributed by atoms with Crippen LogP contribution in [-0.4, -0.2) is 12.1 Å². The van der Waals surface area contributed by atoms with Crippen LogP contribution in [0.25, 0.3) is 0 Å². The molecule has 1 N–H and O–H groups in total. The van der Waals surface area contributed by atoms with E-state index in [-0.39, 0.29) is 0 Å². The van der Waals surface area contributed by atoms with E-state index in [2.05, 4.69) is 32.7 Å². The minimum atomic E-state index is 0.364. The zero-order valence-corrected chi connectivity index (χ0v) is 8.82. The van der Waals surface area contributed by atoms with Gasteiger partial charge in [0, 0.05) is 12.1 Å². The zero-order valence-electron chi connectivity index (χ0n) is 8.82. The first-order valence-electron chi connectivity index (χ1n) is 5.10. The van der Waals surface area contributed by atoms with Crippen molar-refractivity contribution in [2.75, 3.05) is 6.54 Å². The molecule has 0 amide bonds. The molecule has 0 aromatic heterocycles. The van der Waals surface area contributed by atoms with Gasteiger partial charge < -0.3 is 5.32 Å². The van der Waals surface area contributed by atoms with Crippen molar-refractivity contribution in [2.45, 2.75) is 52.0 Å². The van der Waals surface area contributed by atoms with Crippen LogP contribution in [0.3, 0.4) is 0 Å². The number of nitrogens with one attached hydrogen (secondary N) is 1. The molecule has 0 aromatic rings. The highest BCUT2D eigenvalue weighted by atomic mass is 15.0. The van der Waals surface area contributed by atoms with Gasteiger partial charge in [-0.1, -0.05) is 33.3 Å². The van der Waals surface area contributed by atoms with Crippen LogP contribution < -0.4 is 5.32 Å². The van der Waals surface area contributed by atoms with Crippen molar-refractivity contribution in [2.24, 2.45) is 0 Å². The van der Waals surface area contributed by atoms with Crippen molar-refractivity contribution >= 4 is 0 Å². The highest BCUT2D eigenvalue weighted by molar-refractivity contribution is 4.87. The average molecular weight is 169 g/mol. The first-order chi connectivity index (χ1) is 5.74. The summed E-state index contributed by atoms with van der Waals surface area (Å²) >= 11 is 0. The van der Waals surface area contributed by atoms with Gasteiger partial charge in [0.2, 0.25) is 0 Å². The van der Waals surface area contributed by atoms with E-state index in [1.54, 1.807) is 0 Å². The van der Waals surface area contributed by atoms with E-state index in [1.807, 2.05) is 6.08 Å². The Morgan fingerprint density at radius 3 is 2.17 bits per heavy atom. The molecule has 12 heavy (non-hydrogen) atoms. The Kier molecular flexibility index (Phi) is 6.09. The Balaban J connectivity index is 4.03. The summed E-state index contributed by atoms with van der Waals surface area (Å²) in [6.45, 7) is 11.4. The molecular formula is C11H23N. The Bertz CT molecular complexity index is 114. The molecule has 0 unspecified atom stereocenters. The molecule has 0 saturated carbocycles. The summed E-state index contributed by atoms with van der Waals surface area (Å²) in [5.74, 6) is 0. The first-order valence-corrected chi connectivity index (χ1v) is 5.10. The zero-order chi connectivity index (χ0) is 9.45. The van der Waals surface area contributed by atoms with Crippen LogP contribution in [0.15, 0.2) is 12.7 Å². The minimum Gasteiger partial charge on any atom is -0.308 e. The van der Waals surface area contributed by atoms with Gasteiger partial charge >= 0.3 is 0 Å². The van der Waals surface area contributed by atoms with Crippen LogP contribution in [0.5, 0.6) is 0 Å². The second-order valence-corrected chi connectivity index (χ2v) is 3.41. The first kappa shape index (κ1) is 11.7. The smallest absolute Gasteiger partial charge is 0.0179 e. The van der Waals surface area contributed by atoms with Gasteiger partial charge in [-0.25, -0.2) is 0 Å². The lowest BCUT2D eigenvalue weighted by Crippen LogP contribution is -2.44. The van der Waals surface area contributed by atoms with Crippen LogP contribution in [-0.2, 0) is 0 Å². The van der Waals surface area contributed by atoms with Gasteiger partial charge in [-0.2, -0.15) is 0 Å². The number of hydrogen-bond donors (Lipinski definition) is 1. The molecule has 0 rings (SSSR count). The molecular weight excluding hydrogens is 146 g/mol. The van der Waals surface area contributed by atoms with Crippen molar-refractivity contribution in [3.05, 3.63) is 12.7 Å². The molecule has 0 spiro atoms. The number of rotatable bonds is 7. The van der Waals surface area contributed by atoms with Crippen LogP contribution in [0.2, 0.25) is 0 Å². The predicted molar refractivity (Wildman–Crippen MR) is 56.4 cm³/mol. The van der Waals surface area contributed by atoms with Crippen molar-refractivity contribution in [3.8, 4) is 0 Å². The summed E-state index contributed by atoms with van der Waals surface area (Å²) in [7, 11) is 0. The van der Waals surface area contributed by atoms with Crippen LogP contribution in [0.4, 0.5) is 0 Å². The highest BCUT2D eigenvalue weighted by Gasteiger charge is 2.22. The van der Waals surface area contributed by atoms with E-state index in [1.165, 1.54) is 25.7 Å². The molecule has 0 aromatic carbocycles. The molecule has 0 radical (unpaired) electrons. The molecule has 1 nitrogen and oxygen atoms in total. The summed E-state index contributed by atoms with van der Waals surface area (Å²) in [4.78, 5) is 0. The maximum absolute atomic E-state index is 3.73. The van der Waals surface area contributed by atoms with E-state index in [4.69, 9.17) is 0 Å². The van der Waals surface area contributed by atoms with Gasteiger partial charge in [-0.05, 0) is 19.3 Å². The Morgan fingerprint density at radius 1 is 1.25 bits per heavy atom. The van der Waals surface area contributed by atoms with Crippen LogP contribution >= 0.6 is 0 Å². The molecule has 0 aliphatic rings. The summed E-state index contributed by atoms with van der Waals surface area (Å²) in [6, 6.07) is 0. The van der Waals surface area contributed by atoms with Gasteiger partial charge in [0.05, 0.1) is 0 Å². The van der Waals surface area contributed by atoms with Gasteiger partial charge in [-0.3, -0.25) is 0 Å². The van der Waals surface area contributed by atoms with Crippen molar-refractivity contribution in [1.82, 2.24) is 5.32 Å². The van der Waals surface area contributed by atoms with E-state index in [0.29, 0.717) is 5.54 Å². The lowest BCUT2D eigenvalue weighted by atomic mass is 9.88. The quantitative estimate of drug-likeness (QED) is 0.577. The second kappa shape index (κ2) is 6.24. The molecule has 0 bridgehead atoms. The third-order valence-electron chi connectivity index (χ3n) is 2.70. The summed E-state index contributed by atoms with van der Waals surface area (Å²) in [6.07, 6.45) is 6.89. The van der Waals surface area contributed by atoms with Crippen molar-refractivity contribution < 1.29 is 0 Å². The Morgan fingerprint density at radius 2 is 1.83 bits per heavy atom. The van der Waals surface area contributed by atoms with Gasteiger partial charge in [0.25, 0.3) is 0 Å². The molecule has 72 valence electrons. The molecule has 0 atom stereocenters. The third-order valence-corrected chi connectivity index (χ3v) is 2.70. The van der Waals surface area contributed by atoms with E-state index in [9.17, 15) is 0 Å². The van der Waals surface area contributed by atoms with E-state index in [0.717, 1.165) is 6.54 Å². The standard InChI is InChI=1S/C11H23N/c1-5-9-11(7-3,8-4)12-10-6-2/h6,12H,2,5,7-10H2,1,3-4H3. The average Bonchev–Trinajstić information content (AvgIpc) is 2.13. The second-order valence-electron chi connectivity index (χ2n) is 3.41. The lowest BCUT2D eigenvalue weighted by molar-refractivity contribution is 0.288. The fourth-order valence-corrected chi connectivity index (χ4v) is 1.71. The topological polar surface area (TPSA) is 12.0 Å². The lowest BCUT2D eigenvalue weighted by Gasteiger charge is -2.32. The summed E-state index contributed by atoms with van der Waals surface area (Å²) in [5.41, 5.74) is 0.364. The maximum atomic E-state index is 3.73. The molecule has 0 heterocycles. The molecule has 0 aliphatic carbocycles. The Hall–Kier alpha value is -0.300. The fourth-order valence-electron chi connectivity index (χ4n) is 1.71. The van der Waals surface area contributed by atoms with Gasteiger partial charge in [-0.15, -0.1) is 6.58 Å². The molecule has 0 saturated heterocycles. The van der Waals surface area contributed by atoms with Gasteiger partial charge in [0.15, 0.2) is 0 Å². The normalized spacial score (nSPS) is 11.6. The summed E-state index contributed by atoms with van der Waals surface area (Å²) < 4.78 is 0. The minimum absolute atomic E-state index is 0.364. The van der Waals surface area contributed by atoms with Crippen LogP contribution in [0.1, 0.15) is 46.5 Å². The molecule has 0 aliphatic heterocycles. The monoisotopic (exact) mass is 169 g/mol. The number of hydrogen-bond acceptors (Lipinski definition) is 1. The molecule has 0 fully saturated rings. The predicted octanol–water partition coefficient (Wildman–Crippen LogP) is 3.12. The summed E-state index contributed by atoms with van der Waals surface area (Å²) in [5, 5.41) is 3.57. The van der Waals surface area contributed by atoms with E-state index < -0.39 is 0 Å². The van der Waals surface area contributed by atoms with Crippen molar-refractivity contribution in [1.29, 1.82) is 0 Å². The molecule has 1 heteroatoms. The van der Waals surface area contributed by atoms with Gasteiger partial charge in [0.1, 0.15) is 0 Å². The highest BCUT2D eigenvalue weighted by Crippen LogP contribution is 2.20. The fraction of sp³-hybridized carbons (Fsp3) is 0.818. The third kappa shape index (κ3) is 3.40. The van der Waals surface area contributed by atoms with Crippen LogP contribution in [0, 0.1) is 0 Å². The Labute approximate surface area is 77.2 Å². The largest absolute Gasteiger partial charge is 0.308 e. The van der Waals surface area contributed by atoms with Crippen molar-refractivity contribution in [3.63, 3.8) is 0 Å². The SMILES string of the molecule is C=CCNC(CC)(CC)CCC.